The van der Waals surface area contributed by atoms with Gasteiger partial charge < -0.3 is 20.7 Å². The van der Waals surface area contributed by atoms with Gasteiger partial charge in [0.15, 0.2) is 5.82 Å². The van der Waals surface area contributed by atoms with Crippen LogP contribution < -0.4 is 20.7 Å². The molecule has 3 heterocycles. The van der Waals surface area contributed by atoms with Gasteiger partial charge in [0.1, 0.15) is 17.2 Å². The van der Waals surface area contributed by atoms with Gasteiger partial charge in [-0.05, 0) is 37.8 Å². The third kappa shape index (κ3) is 3.88. The molecule has 2 atom stereocenters. The predicted molar refractivity (Wildman–Crippen MR) is 133 cm³/mol. The number of piperazine rings is 1. The molecule has 0 saturated carbocycles. The second-order valence-electron chi connectivity index (χ2n) is 8.26. The first kappa shape index (κ1) is 23.2. The van der Waals surface area contributed by atoms with Gasteiger partial charge in [-0.3, -0.25) is 4.99 Å². The Labute approximate surface area is 204 Å². The highest BCUT2D eigenvalue weighted by Gasteiger charge is 2.34. The highest BCUT2D eigenvalue weighted by atomic mass is 35.5. The SMILES string of the molecule is C=Nc1c(-c2c(Cl)cc3c(N4CC5CCC(C4)N5)nc(OC)nc3c2F)ccc(F)c1SCN. The highest BCUT2D eigenvalue weighted by molar-refractivity contribution is 7.99. The van der Waals surface area contributed by atoms with Crippen LogP contribution in [0.25, 0.3) is 22.0 Å². The minimum atomic E-state index is -0.664. The Morgan fingerprint density at radius 3 is 2.68 bits per heavy atom. The molecule has 2 aromatic carbocycles. The van der Waals surface area contributed by atoms with Crippen molar-refractivity contribution in [3.05, 3.63) is 34.9 Å². The summed E-state index contributed by atoms with van der Waals surface area (Å²) >= 11 is 7.71. The number of nitrogens with zero attached hydrogens (tertiary/aromatic N) is 4. The van der Waals surface area contributed by atoms with Crippen LogP contribution in [0.5, 0.6) is 6.01 Å². The number of rotatable bonds is 6. The molecule has 2 aliphatic heterocycles. The number of aliphatic imine (C=N–C) groups is 1. The number of nitrogens with one attached hydrogen (secondary N) is 1. The summed E-state index contributed by atoms with van der Waals surface area (Å²) in [5, 5.41) is 4.20. The Kier molecular flexibility index (Phi) is 6.32. The van der Waals surface area contributed by atoms with Crippen LogP contribution in [0.4, 0.5) is 20.3 Å². The average molecular weight is 505 g/mol. The first-order chi connectivity index (χ1) is 16.4. The fourth-order valence-electron chi connectivity index (χ4n) is 4.83. The maximum atomic E-state index is 16.1. The number of benzene rings is 2. The van der Waals surface area contributed by atoms with Gasteiger partial charge in [0.25, 0.3) is 0 Å². The van der Waals surface area contributed by atoms with Crippen molar-refractivity contribution in [2.45, 2.75) is 29.8 Å². The minimum absolute atomic E-state index is 0.0566. The maximum absolute atomic E-state index is 16.1. The molecule has 0 amide bonds. The van der Waals surface area contributed by atoms with E-state index in [1.165, 1.54) is 19.2 Å². The van der Waals surface area contributed by atoms with Crippen LogP contribution in [-0.4, -0.2) is 54.8 Å². The maximum Gasteiger partial charge on any atom is 0.318 e. The molecule has 178 valence electrons. The summed E-state index contributed by atoms with van der Waals surface area (Å²) in [6, 6.07) is 5.09. The molecule has 0 spiro atoms. The van der Waals surface area contributed by atoms with E-state index in [1.54, 1.807) is 6.07 Å². The zero-order valence-corrected chi connectivity index (χ0v) is 20.0. The van der Waals surface area contributed by atoms with Crippen molar-refractivity contribution < 1.29 is 13.5 Å². The predicted octanol–water partition coefficient (Wildman–Crippen LogP) is 4.52. The molecule has 2 unspecified atom stereocenters. The molecule has 2 saturated heterocycles. The average Bonchev–Trinajstić information content (AvgIpc) is 3.18. The van der Waals surface area contributed by atoms with Gasteiger partial charge in [0.2, 0.25) is 0 Å². The third-order valence-corrected chi connectivity index (χ3v) is 7.42. The van der Waals surface area contributed by atoms with Crippen LogP contribution in [0.15, 0.2) is 28.1 Å². The summed E-state index contributed by atoms with van der Waals surface area (Å²) in [7, 11) is 1.44. The zero-order chi connectivity index (χ0) is 24.0. The monoisotopic (exact) mass is 504 g/mol. The standard InChI is InChI=1S/C23H23ClF2N6OS/c1-28-20-13(5-6-16(25)21(20)34-10-27)17-15(24)7-14-19(18(17)26)30-23(33-2)31-22(14)32-8-11-3-4-12(9-32)29-11/h5-7,11-12,29H,1,3-4,8-10,27H2,2H3. The quantitative estimate of drug-likeness (QED) is 0.290. The van der Waals surface area contributed by atoms with Crippen molar-refractivity contribution in [1.29, 1.82) is 0 Å². The number of anilines is 1. The topological polar surface area (TPSA) is 88.7 Å². The van der Waals surface area contributed by atoms with E-state index in [4.69, 9.17) is 22.1 Å². The number of thioether (sulfide) groups is 1. The van der Waals surface area contributed by atoms with E-state index >= 15 is 4.39 Å². The lowest BCUT2D eigenvalue weighted by atomic mass is 10.0. The number of hydrogen-bond acceptors (Lipinski definition) is 8. The summed E-state index contributed by atoms with van der Waals surface area (Å²) in [5.74, 6) is -0.480. The normalized spacial score (nSPS) is 19.6. The fraction of sp³-hybridized carbons (Fsp3) is 0.348. The van der Waals surface area contributed by atoms with Crippen molar-refractivity contribution in [1.82, 2.24) is 15.3 Å². The Bertz CT molecular complexity index is 1280. The molecule has 2 bridgehead atoms. The van der Waals surface area contributed by atoms with Crippen LogP contribution in [0.1, 0.15) is 12.8 Å². The van der Waals surface area contributed by atoms with Crippen molar-refractivity contribution in [2.24, 2.45) is 10.7 Å². The van der Waals surface area contributed by atoms with Gasteiger partial charge in [-0.1, -0.05) is 11.6 Å². The Hall–Kier alpha value is -2.53. The first-order valence-corrected chi connectivity index (χ1v) is 12.2. The summed E-state index contributed by atoms with van der Waals surface area (Å²) in [5.41, 5.74) is 6.22. The van der Waals surface area contributed by atoms with Gasteiger partial charge >= 0.3 is 6.01 Å². The van der Waals surface area contributed by atoms with Crippen LogP contribution in [0.2, 0.25) is 5.02 Å². The number of hydrogen-bond donors (Lipinski definition) is 2. The number of nitrogens with two attached hydrogens (primary N) is 1. The second kappa shape index (κ2) is 9.26. The van der Waals surface area contributed by atoms with Crippen molar-refractivity contribution in [3.63, 3.8) is 0 Å². The number of methoxy groups -OCH3 is 1. The third-order valence-electron chi connectivity index (χ3n) is 6.28. The number of fused-ring (bicyclic) bond motifs is 3. The van der Waals surface area contributed by atoms with E-state index in [0.717, 1.165) is 37.7 Å². The summed E-state index contributed by atoms with van der Waals surface area (Å²) in [6.45, 7) is 5.04. The van der Waals surface area contributed by atoms with Gasteiger partial charge in [-0.2, -0.15) is 9.97 Å². The summed E-state index contributed by atoms with van der Waals surface area (Å²) in [6.07, 6.45) is 2.18. The molecule has 34 heavy (non-hydrogen) atoms. The smallest absolute Gasteiger partial charge is 0.318 e. The molecule has 3 N–H and O–H groups in total. The van der Waals surface area contributed by atoms with Gasteiger partial charge in [-0.15, -0.1) is 11.8 Å². The van der Waals surface area contributed by atoms with Crippen LogP contribution >= 0.6 is 23.4 Å². The molecule has 2 aliphatic rings. The molecular formula is C23H23ClF2N6OS. The molecule has 11 heteroatoms. The van der Waals surface area contributed by atoms with Gasteiger partial charge in [0.05, 0.1) is 22.7 Å². The Morgan fingerprint density at radius 2 is 2.03 bits per heavy atom. The summed E-state index contributed by atoms with van der Waals surface area (Å²) in [4.78, 5) is 15.1. The molecule has 2 fully saturated rings. The van der Waals surface area contributed by atoms with E-state index < -0.39 is 11.6 Å². The van der Waals surface area contributed by atoms with E-state index in [0.29, 0.717) is 28.9 Å². The van der Waals surface area contributed by atoms with Crippen LogP contribution in [0, 0.1) is 11.6 Å². The lowest BCUT2D eigenvalue weighted by Gasteiger charge is -2.34. The van der Waals surface area contributed by atoms with Crippen molar-refractivity contribution in [2.75, 3.05) is 31.0 Å². The lowest BCUT2D eigenvalue weighted by molar-refractivity contribution is 0.380. The van der Waals surface area contributed by atoms with Crippen molar-refractivity contribution >= 4 is 52.5 Å². The van der Waals surface area contributed by atoms with E-state index in [9.17, 15) is 4.39 Å². The van der Waals surface area contributed by atoms with E-state index in [1.807, 2.05) is 0 Å². The Balaban J connectivity index is 1.73. The lowest BCUT2D eigenvalue weighted by Crippen LogP contribution is -2.51. The molecule has 0 radical (unpaired) electrons. The number of ether oxygens (including phenoxy) is 1. The first-order valence-electron chi connectivity index (χ1n) is 10.8. The molecule has 0 aliphatic carbocycles. The molecule has 7 nitrogen and oxygen atoms in total. The van der Waals surface area contributed by atoms with E-state index in [2.05, 4.69) is 31.9 Å². The zero-order valence-electron chi connectivity index (χ0n) is 18.4. The number of aromatic nitrogens is 2. The molecule has 3 aromatic rings. The molecule has 1 aromatic heterocycles. The molecular weight excluding hydrogens is 482 g/mol. The van der Waals surface area contributed by atoms with Gasteiger partial charge in [-0.25, -0.2) is 8.78 Å². The van der Waals surface area contributed by atoms with E-state index in [-0.39, 0.29) is 38.6 Å². The Morgan fingerprint density at radius 1 is 1.29 bits per heavy atom. The van der Waals surface area contributed by atoms with Crippen molar-refractivity contribution in [3.8, 4) is 17.1 Å². The fourth-order valence-corrected chi connectivity index (χ4v) is 5.81. The minimum Gasteiger partial charge on any atom is -0.467 e. The van der Waals surface area contributed by atoms with Gasteiger partial charge in [0, 0.05) is 47.6 Å². The largest absolute Gasteiger partial charge is 0.467 e. The highest BCUT2D eigenvalue weighted by Crippen LogP contribution is 2.45. The summed E-state index contributed by atoms with van der Waals surface area (Å²) < 4.78 is 35.9. The van der Waals surface area contributed by atoms with Crippen LogP contribution in [0.3, 0.4) is 0 Å². The van der Waals surface area contributed by atoms with Crippen LogP contribution in [-0.2, 0) is 0 Å². The number of halogens is 3. The second-order valence-corrected chi connectivity index (χ2v) is 9.70. The molecule has 5 rings (SSSR count).